The van der Waals surface area contributed by atoms with Crippen LogP contribution >= 0.6 is 11.3 Å². The van der Waals surface area contributed by atoms with E-state index >= 15 is 0 Å². The fourth-order valence-electron chi connectivity index (χ4n) is 3.74. The van der Waals surface area contributed by atoms with Gasteiger partial charge in [-0.1, -0.05) is 65.9 Å². The zero-order chi connectivity index (χ0) is 21.9. The average Bonchev–Trinajstić information content (AvgIpc) is 3.45. The molecule has 0 aliphatic heterocycles. The van der Waals surface area contributed by atoms with Crippen molar-refractivity contribution in [2.24, 2.45) is 5.73 Å². The molecule has 32 heavy (non-hydrogen) atoms. The molecule has 4 N–H and O–H groups in total. The van der Waals surface area contributed by atoms with E-state index in [9.17, 15) is 0 Å². The molecule has 2 aromatic heterocycles. The van der Waals surface area contributed by atoms with E-state index in [0.29, 0.717) is 6.54 Å². The largest absolute Gasteiger partial charge is 0.359 e. The van der Waals surface area contributed by atoms with Crippen LogP contribution in [-0.4, -0.2) is 33.0 Å². The number of hydrogen-bond acceptors (Lipinski definition) is 6. The van der Waals surface area contributed by atoms with Gasteiger partial charge in [0, 0.05) is 29.2 Å². The van der Waals surface area contributed by atoms with Crippen molar-refractivity contribution in [1.82, 2.24) is 20.4 Å². The van der Waals surface area contributed by atoms with Gasteiger partial charge in [-0.15, -0.1) is 10.2 Å². The van der Waals surface area contributed by atoms with E-state index in [1.165, 1.54) is 28.0 Å². The molecular weight excluding hydrogens is 416 g/mol. The van der Waals surface area contributed by atoms with Gasteiger partial charge in [-0.05, 0) is 48.2 Å². The molecule has 160 valence electrons. The number of aromatic amines is 1. The van der Waals surface area contributed by atoms with E-state index in [1.807, 2.05) is 25.1 Å². The van der Waals surface area contributed by atoms with Gasteiger partial charge in [0.15, 0.2) is 0 Å². The molecule has 0 spiro atoms. The van der Waals surface area contributed by atoms with Gasteiger partial charge in [0.25, 0.3) is 0 Å². The Hall–Kier alpha value is -3.55. The maximum atomic E-state index is 6.37. The summed E-state index contributed by atoms with van der Waals surface area (Å²) >= 11 is 1.53. The van der Waals surface area contributed by atoms with Crippen LogP contribution in [0.2, 0.25) is 0 Å². The Morgan fingerprint density at radius 3 is 2.50 bits per heavy atom. The SMILES string of the molecule is Cc1[nH]nc2ccc(-c3nnc(NCC(N)Cc4ccc(-c5ccccc5)cc4)s3)cc12. The number of aryl methyl sites for hydroxylation is 1. The molecule has 0 saturated carbocycles. The molecule has 2 heterocycles. The van der Waals surface area contributed by atoms with Crippen molar-refractivity contribution in [2.75, 3.05) is 11.9 Å². The van der Waals surface area contributed by atoms with E-state index < -0.39 is 0 Å². The average molecular weight is 441 g/mol. The van der Waals surface area contributed by atoms with E-state index in [0.717, 1.165) is 38.7 Å². The van der Waals surface area contributed by atoms with Gasteiger partial charge < -0.3 is 11.1 Å². The van der Waals surface area contributed by atoms with Crippen LogP contribution in [0.25, 0.3) is 32.6 Å². The summed E-state index contributed by atoms with van der Waals surface area (Å²) in [4.78, 5) is 0. The molecule has 7 heteroatoms. The first-order valence-corrected chi connectivity index (χ1v) is 11.4. The summed E-state index contributed by atoms with van der Waals surface area (Å²) < 4.78 is 0. The van der Waals surface area contributed by atoms with Crippen LogP contribution in [0.3, 0.4) is 0 Å². The van der Waals surface area contributed by atoms with Crippen LogP contribution in [0, 0.1) is 6.92 Å². The standard InChI is InChI=1S/C25H24N6S/c1-16-22-14-20(11-12-23(22)29-28-16)24-30-31-25(32-24)27-15-21(26)13-17-7-9-19(10-8-17)18-5-3-2-4-6-18/h2-12,14,21H,13,15,26H2,1H3,(H,27,31)(H,28,29). The molecule has 0 aliphatic carbocycles. The van der Waals surface area contributed by atoms with Gasteiger partial charge in [0.2, 0.25) is 5.13 Å². The van der Waals surface area contributed by atoms with Crippen LogP contribution in [0.15, 0.2) is 72.8 Å². The van der Waals surface area contributed by atoms with E-state index in [-0.39, 0.29) is 6.04 Å². The van der Waals surface area contributed by atoms with Crippen LogP contribution in [0.5, 0.6) is 0 Å². The molecule has 0 aliphatic rings. The highest BCUT2D eigenvalue weighted by Gasteiger charge is 2.11. The van der Waals surface area contributed by atoms with E-state index in [1.54, 1.807) is 0 Å². The first-order valence-electron chi connectivity index (χ1n) is 10.6. The number of benzene rings is 3. The lowest BCUT2D eigenvalue weighted by Crippen LogP contribution is -2.31. The van der Waals surface area contributed by atoms with Gasteiger partial charge >= 0.3 is 0 Å². The fourth-order valence-corrected chi connectivity index (χ4v) is 4.49. The number of fused-ring (bicyclic) bond motifs is 1. The van der Waals surface area contributed by atoms with Crippen molar-refractivity contribution in [2.45, 2.75) is 19.4 Å². The molecule has 0 fully saturated rings. The molecule has 0 amide bonds. The number of nitrogens with two attached hydrogens (primary N) is 1. The van der Waals surface area contributed by atoms with E-state index in [4.69, 9.17) is 5.73 Å². The molecule has 1 atom stereocenters. The summed E-state index contributed by atoms with van der Waals surface area (Å²) in [5, 5.41) is 22.0. The molecule has 5 rings (SSSR count). The lowest BCUT2D eigenvalue weighted by molar-refractivity contribution is 0.698. The van der Waals surface area contributed by atoms with Crippen molar-refractivity contribution in [1.29, 1.82) is 0 Å². The summed E-state index contributed by atoms with van der Waals surface area (Å²) in [7, 11) is 0. The smallest absolute Gasteiger partial charge is 0.206 e. The third-order valence-corrected chi connectivity index (χ3v) is 6.42. The summed E-state index contributed by atoms with van der Waals surface area (Å²) in [6.45, 7) is 2.65. The summed E-state index contributed by atoms with van der Waals surface area (Å²) in [5.74, 6) is 0. The highest BCUT2D eigenvalue weighted by Crippen LogP contribution is 2.29. The van der Waals surface area contributed by atoms with E-state index in [2.05, 4.69) is 80.3 Å². The highest BCUT2D eigenvalue weighted by atomic mass is 32.1. The Kier molecular flexibility index (Phi) is 5.66. The van der Waals surface area contributed by atoms with Crippen molar-refractivity contribution < 1.29 is 0 Å². The van der Waals surface area contributed by atoms with Gasteiger partial charge in [-0.25, -0.2) is 0 Å². The number of nitrogens with zero attached hydrogens (tertiary/aromatic N) is 3. The normalized spacial score (nSPS) is 12.2. The molecule has 3 aromatic carbocycles. The summed E-state index contributed by atoms with van der Waals surface area (Å²) in [6, 6.07) is 25.1. The molecule has 0 saturated heterocycles. The predicted octanol–water partition coefficient (Wildman–Crippen LogP) is 5.04. The minimum atomic E-state index is -0.0187. The summed E-state index contributed by atoms with van der Waals surface area (Å²) in [5.41, 5.74) is 13.1. The number of rotatable bonds is 7. The first kappa shape index (κ1) is 20.4. The van der Waals surface area contributed by atoms with Gasteiger partial charge in [0.1, 0.15) is 5.01 Å². The Morgan fingerprint density at radius 1 is 0.938 bits per heavy atom. The topological polar surface area (TPSA) is 92.5 Å². The zero-order valence-electron chi connectivity index (χ0n) is 17.7. The number of nitrogens with one attached hydrogen (secondary N) is 2. The Balaban J connectivity index is 1.19. The molecule has 1 unspecified atom stereocenters. The number of anilines is 1. The minimum Gasteiger partial charge on any atom is -0.359 e. The van der Waals surface area contributed by atoms with Crippen molar-refractivity contribution in [3.8, 4) is 21.7 Å². The molecule has 5 aromatic rings. The Bertz CT molecular complexity index is 1320. The van der Waals surface area contributed by atoms with Crippen LogP contribution in [0.1, 0.15) is 11.3 Å². The van der Waals surface area contributed by atoms with Crippen molar-refractivity contribution >= 4 is 27.4 Å². The monoisotopic (exact) mass is 440 g/mol. The second-order valence-electron chi connectivity index (χ2n) is 7.90. The number of aromatic nitrogens is 4. The quantitative estimate of drug-likeness (QED) is 0.330. The Morgan fingerprint density at radius 2 is 1.69 bits per heavy atom. The highest BCUT2D eigenvalue weighted by molar-refractivity contribution is 7.18. The van der Waals surface area contributed by atoms with Gasteiger partial charge in [-0.2, -0.15) is 5.10 Å². The molecule has 0 bridgehead atoms. The van der Waals surface area contributed by atoms with Crippen LogP contribution in [0.4, 0.5) is 5.13 Å². The van der Waals surface area contributed by atoms with Gasteiger partial charge in [0.05, 0.1) is 5.52 Å². The predicted molar refractivity (Wildman–Crippen MR) is 132 cm³/mol. The third-order valence-electron chi connectivity index (χ3n) is 5.49. The van der Waals surface area contributed by atoms with Gasteiger partial charge in [-0.3, -0.25) is 5.10 Å². The van der Waals surface area contributed by atoms with Crippen molar-refractivity contribution in [3.05, 3.63) is 84.1 Å². The first-order chi connectivity index (χ1) is 15.7. The summed E-state index contributed by atoms with van der Waals surface area (Å²) in [6.07, 6.45) is 0.796. The third kappa shape index (κ3) is 4.39. The molecule has 6 nitrogen and oxygen atoms in total. The van der Waals surface area contributed by atoms with Crippen molar-refractivity contribution in [3.63, 3.8) is 0 Å². The second kappa shape index (κ2) is 8.90. The lowest BCUT2D eigenvalue weighted by atomic mass is 10.0. The molecular formula is C25H24N6S. The second-order valence-corrected chi connectivity index (χ2v) is 8.88. The zero-order valence-corrected chi connectivity index (χ0v) is 18.6. The molecule has 0 radical (unpaired) electrons. The minimum absolute atomic E-state index is 0.0187. The van der Waals surface area contributed by atoms with Crippen LogP contribution < -0.4 is 11.1 Å². The fraction of sp³-hybridized carbons (Fsp3) is 0.160. The maximum Gasteiger partial charge on any atom is 0.206 e. The number of hydrogen-bond donors (Lipinski definition) is 3. The van der Waals surface area contributed by atoms with Crippen LogP contribution in [-0.2, 0) is 6.42 Å². The Labute approximate surface area is 190 Å². The lowest BCUT2D eigenvalue weighted by Gasteiger charge is -2.12. The maximum absolute atomic E-state index is 6.37. The number of H-pyrrole nitrogens is 1.